The molecule has 0 radical (unpaired) electrons. The minimum atomic E-state index is 0.537. The summed E-state index contributed by atoms with van der Waals surface area (Å²) in [7, 11) is 0. The third kappa shape index (κ3) is 3.04. The SMILES string of the molecule is Cc1nc(C2CCCNC2)cc(N2CCOCC2)n1. The van der Waals surface area contributed by atoms with Gasteiger partial charge in [0.2, 0.25) is 0 Å². The van der Waals surface area contributed by atoms with E-state index in [-0.39, 0.29) is 0 Å². The highest BCUT2D eigenvalue weighted by atomic mass is 16.5. The van der Waals surface area contributed by atoms with Crippen molar-refractivity contribution in [2.24, 2.45) is 0 Å². The fraction of sp³-hybridized carbons (Fsp3) is 0.714. The Morgan fingerprint density at radius 1 is 1.32 bits per heavy atom. The maximum absolute atomic E-state index is 5.40. The molecular weight excluding hydrogens is 240 g/mol. The summed E-state index contributed by atoms with van der Waals surface area (Å²) < 4.78 is 5.40. The van der Waals surface area contributed by atoms with E-state index in [1.54, 1.807) is 0 Å². The molecule has 0 aromatic carbocycles. The van der Waals surface area contributed by atoms with Crippen molar-refractivity contribution in [2.45, 2.75) is 25.7 Å². The summed E-state index contributed by atoms with van der Waals surface area (Å²) in [4.78, 5) is 11.5. The molecule has 3 rings (SSSR count). The van der Waals surface area contributed by atoms with Crippen LogP contribution < -0.4 is 10.2 Å². The van der Waals surface area contributed by atoms with Crippen LogP contribution in [0.1, 0.15) is 30.3 Å². The van der Waals surface area contributed by atoms with Gasteiger partial charge in [-0.25, -0.2) is 9.97 Å². The lowest BCUT2D eigenvalue weighted by Gasteiger charge is -2.29. The summed E-state index contributed by atoms with van der Waals surface area (Å²) in [6.45, 7) is 7.62. The zero-order valence-corrected chi connectivity index (χ0v) is 11.6. The highest BCUT2D eigenvalue weighted by molar-refractivity contribution is 5.41. The van der Waals surface area contributed by atoms with Gasteiger partial charge >= 0.3 is 0 Å². The Morgan fingerprint density at radius 2 is 2.16 bits per heavy atom. The number of aryl methyl sites for hydroxylation is 1. The lowest BCUT2D eigenvalue weighted by Crippen LogP contribution is -2.37. The van der Waals surface area contributed by atoms with Crippen molar-refractivity contribution in [3.8, 4) is 0 Å². The second kappa shape index (κ2) is 5.84. The summed E-state index contributed by atoms with van der Waals surface area (Å²) in [6, 6.07) is 2.18. The number of nitrogens with zero attached hydrogens (tertiary/aromatic N) is 3. The Morgan fingerprint density at radius 3 is 2.89 bits per heavy atom. The number of morpholine rings is 1. The predicted octanol–water partition coefficient (Wildman–Crippen LogP) is 1.09. The molecule has 2 aliphatic heterocycles. The number of nitrogens with one attached hydrogen (secondary N) is 1. The second-order valence-corrected chi connectivity index (χ2v) is 5.34. The van der Waals surface area contributed by atoms with E-state index < -0.39 is 0 Å². The van der Waals surface area contributed by atoms with Crippen LogP contribution in [0.3, 0.4) is 0 Å². The molecule has 3 heterocycles. The molecule has 1 aromatic heterocycles. The Labute approximate surface area is 114 Å². The van der Waals surface area contributed by atoms with Crippen LogP contribution in [0.15, 0.2) is 6.07 Å². The van der Waals surface area contributed by atoms with Crippen LogP contribution >= 0.6 is 0 Å². The third-order valence-corrected chi connectivity index (χ3v) is 3.89. The van der Waals surface area contributed by atoms with Crippen LogP contribution in [0.25, 0.3) is 0 Å². The molecule has 2 saturated heterocycles. The van der Waals surface area contributed by atoms with Gasteiger partial charge in [0, 0.05) is 31.6 Å². The number of hydrogen-bond acceptors (Lipinski definition) is 5. The first-order valence-corrected chi connectivity index (χ1v) is 7.22. The van der Waals surface area contributed by atoms with E-state index in [2.05, 4.69) is 26.3 Å². The Balaban J connectivity index is 1.82. The molecule has 104 valence electrons. The number of aromatic nitrogens is 2. The van der Waals surface area contributed by atoms with Crippen LogP contribution in [0.4, 0.5) is 5.82 Å². The molecule has 0 amide bonds. The first-order chi connectivity index (χ1) is 9.33. The molecule has 19 heavy (non-hydrogen) atoms. The lowest BCUT2D eigenvalue weighted by molar-refractivity contribution is 0.122. The highest BCUT2D eigenvalue weighted by Crippen LogP contribution is 2.24. The molecule has 5 nitrogen and oxygen atoms in total. The summed E-state index contributed by atoms with van der Waals surface area (Å²) in [5.74, 6) is 2.48. The maximum atomic E-state index is 5.40. The molecule has 1 unspecified atom stereocenters. The van der Waals surface area contributed by atoms with Crippen molar-refractivity contribution in [3.63, 3.8) is 0 Å². The lowest BCUT2D eigenvalue weighted by atomic mass is 9.96. The number of ether oxygens (including phenoxy) is 1. The third-order valence-electron chi connectivity index (χ3n) is 3.89. The van der Waals surface area contributed by atoms with Crippen LogP contribution in [-0.4, -0.2) is 49.4 Å². The second-order valence-electron chi connectivity index (χ2n) is 5.34. The van der Waals surface area contributed by atoms with E-state index in [1.165, 1.54) is 18.5 Å². The van der Waals surface area contributed by atoms with Crippen molar-refractivity contribution >= 4 is 5.82 Å². The molecule has 0 aliphatic carbocycles. The molecule has 1 atom stereocenters. The molecular formula is C14H22N4O. The Hall–Kier alpha value is -1.20. The minimum Gasteiger partial charge on any atom is -0.378 e. The van der Waals surface area contributed by atoms with Gasteiger partial charge in [0.25, 0.3) is 0 Å². The molecule has 0 saturated carbocycles. The zero-order chi connectivity index (χ0) is 13.1. The molecule has 0 bridgehead atoms. The normalized spacial score (nSPS) is 24.5. The van der Waals surface area contributed by atoms with Gasteiger partial charge in [-0.2, -0.15) is 0 Å². The Kier molecular flexibility index (Phi) is 3.94. The van der Waals surface area contributed by atoms with E-state index in [4.69, 9.17) is 4.74 Å². The number of anilines is 1. The van der Waals surface area contributed by atoms with Gasteiger partial charge in [0.05, 0.1) is 18.9 Å². The van der Waals surface area contributed by atoms with E-state index in [1.807, 2.05) is 6.92 Å². The van der Waals surface area contributed by atoms with Gasteiger partial charge in [-0.3, -0.25) is 0 Å². The zero-order valence-electron chi connectivity index (χ0n) is 11.6. The smallest absolute Gasteiger partial charge is 0.132 e. The van der Waals surface area contributed by atoms with Crippen LogP contribution in [0, 0.1) is 6.92 Å². The minimum absolute atomic E-state index is 0.537. The van der Waals surface area contributed by atoms with Gasteiger partial charge in [0.15, 0.2) is 0 Å². The molecule has 5 heteroatoms. The molecule has 2 fully saturated rings. The van der Waals surface area contributed by atoms with E-state index in [0.717, 1.165) is 51.0 Å². The van der Waals surface area contributed by atoms with Crippen LogP contribution in [0.5, 0.6) is 0 Å². The van der Waals surface area contributed by atoms with Gasteiger partial charge < -0.3 is 15.0 Å². The number of rotatable bonds is 2. The standard InChI is InChI=1S/C14H22N4O/c1-11-16-13(12-3-2-4-15-10-12)9-14(17-11)18-5-7-19-8-6-18/h9,12,15H,2-8,10H2,1H3. The highest BCUT2D eigenvalue weighted by Gasteiger charge is 2.20. The average Bonchev–Trinajstić information content (AvgIpc) is 2.48. The summed E-state index contributed by atoms with van der Waals surface area (Å²) in [5, 5.41) is 3.46. The fourth-order valence-electron chi connectivity index (χ4n) is 2.84. The van der Waals surface area contributed by atoms with Gasteiger partial charge in [-0.05, 0) is 26.3 Å². The van der Waals surface area contributed by atoms with E-state index >= 15 is 0 Å². The first-order valence-electron chi connectivity index (χ1n) is 7.22. The van der Waals surface area contributed by atoms with Gasteiger partial charge in [-0.15, -0.1) is 0 Å². The largest absolute Gasteiger partial charge is 0.378 e. The predicted molar refractivity (Wildman–Crippen MR) is 74.6 cm³/mol. The van der Waals surface area contributed by atoms with Crippen molar-refractivity contribution in [3.05, 3.63) is 17.6 Å². The summed E-state index contributed by atoms with van der Waals surface area (Å²) >= 11 is 0. The van der Waals surface area contributed by atoms with Crippen LogP contribution in [-0.2, 0) is 4.74 Å². The summed E-state index contributed by atoms with van der Waals surface area (Å²) in [5.41, 5.74) is 1.20. The molecule has 2 aliphatic rings. The van der Waals surface area contributed by atoms with Crippen molar-refractivity contribution in [1.29, 1.82) is 0 Å². The molecule has 0 spiro atoms. The van der Waals surface area contributed by atoms with Gasteiger partial charge in [0.1, 0.15) is 11.6 Å². The van der Waals surface area contributed by atoms with E-state index in [9.17, 15) is 0 Å². The first kappa shape index (κ1) is 12.8. The number of hydrogen-bond donors (Lipinski definition) is 1. The quantitative estimate of drug-likeness (QED) is 0.864. The Bertz CT molecular complexity index is 389. The van der Waals surface area contributed by atoms with E-state index in [0.29, 0.717) is 5.92 Å². The number of piperidine rings is 1. The molecule has 1 N–H and O–H groups in total. The fourth-order valence-corrected chi connectivity index (χ4v) is 2.84. The maximum Gasteiger partial charge on any atom is 0.132 e. The van der Waals surface area contributed by atoms with Crippen molar-refractivity contribution in [1.82, 2.24) is 15.3 Å². The topological polar surface area (TPSA) is 50.3 Å². The molecule has 1 aromatic rings. The van der Waals surface area contributed by atoms with Crippen molar-refractivity contribution in [2.75, 3.05) is 44.3 Å². The van der Waals surface area contributed by atoms with Gasteiger partial charge in [-0.1, -0.05) is 0 Å². The summed E-state index contributed by atoms with van der Waals surface area (Å²) in [6.07, 6.45) is 2.46. The van der Waals surface area contributed by atoms with Crippen LogP contribution in [0.2, 0.25) is 0 Å². The van der Waals surface area contributed by atoms with Crippen molar-refractivity contribution < 1.29 is 4.74 Å². The monoisotopic (exact) mass is 262 g/mol. The average molecular weight is 262 g/mol.